The van der Waals surface area contributed by atoms with Crippen molar-refractivity contribution in [2.45, 2.75) is 5.92 Å². The summed E-state index contributed by atoms with van der Waals surface area (Å²) < 4.78 is 0. The van der Waals surface area contributed by atoms with E-state index >= 15 is 0 Å². The molecule has 0 unspecified atom stereocenters. The number of nitro benzene ring substituents is 1. The molecule has 28 heavy (non-hydrogen) atoms. The molecule has 0 bridgehead atoms. The molecule has 2 N–H and O–H groups in total. The second kappa shape index (κ2) is 8.59. The Morgan fingerprint density at radius 1 is 0.750 bits per heavy atom. The average molecular weight is 375 g/mol. The summed E-state index contributed by atoms with van der Waals surface area (Å²) >= 11 is 0. The van der Waals surface area contributed by atoms with Gasteiger partial charge < -0.3 is 0 Å². The van der Waals surface area contributed by atoms with Crippen molar-refractivity contribution in [2.75, 3.05) is 0 Å². The summed E-state index contributed by atoms with van der Waals surface area (Å²) in [5.41, 5.74) is 6.46. The first-order chi connectivity index (χ1) is 13.6. The molecule has 0 aliphatic carbocycles. The lowest BCUT2D eigenvalue weighted by Gasteiger charge is -2.18. The van der Waals surface area contributed by atoms with Crippen molar-refractivity contribution in [2.24, 2.45) is 0 Å². The van der Waals surface area contributed by atoms with Crippen LogP contribution in [0.3, 0.4) is 0 Å². The number of carbonyl (C=O) groups excluding carboxylic acids is 2. The van der Waals surface area contributed by atoms with E-state index in [1.807, 2.05) is 60.7 Å². The monoisotopic (exact) mass is 375 g/mol. The zero-order valence-corrected chi connectivity index (χ0v) is 14.7. The van der Waals surface area contributed by atoms with E-state index in [2.05, 4.69) is 10.9 Å². The molecular weight excluding hydrogens is 358 g/mol. The molecule has 3 aromatic carbocycles. The maximum Gasteiger partial charge on any atom is 0.269 e. The predicted octanol–water partition coefficient (Wildman–Crippen LogP) is 3.19. The normalized spacial score (nSPS) is 10.3. The van der Waals surface area contributed by atoms with Gasteiger partial charge in [-0.15, -0.1) is 0 Å². The van der Waals surface area contributed by atoms with Crippen LogP contribution in [0.2, 0.25) is 0 Å². The summed E-state index contributed by atoms with van der Waals surface area (Å²) in [6, 6.07) is 23.6. The molecular formula is C21H17N3O4. The van der Waals surface area contributed by atoms with Crippen LogP contribution in [-0.4, -0.2) is 16.7 Å². The predicted molar refractivity (Wildman–Crippen MR) is 103 cm³/mol. The van der Waals surface area contributed by atoms with E-state index in [0.717, 1.165) is 11.1 Å². The Kier molecular flexibility index (Phi) is 5.76. The molecule has 0 aliphatic heterocycles. The van der Waals surface area contributed by atoms with Crippen LogP contribution in [0.4, 0.5) is 5.69 Å². The zero-order valence-electron chi connectivity index (χ0n) is 14.7. The highest BCUT2D eigenvalue weighted by atomic mass is 16.6. The Hall–Kier alpha value is -4.00. The summed E-state index contributed by atoms with van der Waals surface area (Å²) in [7, 11) is 0. The van der Waals surface area contributed by atoms with Gasteiger partial charge in [0.1, 0.15) is 0 Å². The molecule has 3 rings (SSSR count). The molecule has 0 aliphatic rings. The summed E-state index contributed by atoms with van der Waals surface area (Å²) in [4.78, 5) is 35.2. The molecule has 0 saturated carbocycles. The van der Waals surface area contributed by atoms with E-state index in [9.17, 15) is 19.7 Å². The molecule has 140 valence electrons. The number of amides is 2. The van der Waals surface area contributed by atoms with Gasteiger partial charge in [0.05, 0.1) is 10.8 Å². The zero-order chi connectivity index (χ0) is 19.9. The van der Waals surface area contributed by atoms with Gasteiger partial charge in [-0.1, -0.05) is 60.7 Å². The smallest absolute Gasteiger partial charge is 0.269 e. The number of nitro groups is 1. The van der Waals surface area contributed by atoms with Gasteiger partial charge in [0.25, 0.3) is 11.6 Å². The number of carbonyl (C=O) groups is 2. The van der Waals surface area contributed by atoms with Gasteiger partial charge in [0.15, 0.2) is 0 Å². The number of benzene rings is 3. The molecule has 0 atom stereocenters. The summed E-state index contributed by atoms with van der Waals surface area (Å²) in [5, 5.41) is 10.7. The Bertz CT molecular complexity index is 934. The van der Waals surface area contributed by atoms with Crippen molar-refractivity contribution in [1.29, 1.82) is 0 Å². The highest BCUT2D eigenvalue weighted by Gasteiger charge is 2.23. The van der Waals surface area contributed by atoms with Crippen LogP contribution < -0.4 is 10.9 Å². The van der Waals surface area contributed by atoms with E-state index < -0.39 is 22.7 Å². The number of hydrazine groups is 1. The Labute approximate surface area is 161 Å². The second-order valence-electron chi connectivity index (χ2n) is 6.00. The molecule has 0 heterocycles. The van der Waals surface area contributed by atoms with Crippen molar-refractivity contribution >= 4 is 17.5 Å². The van der Waals surface area contributed by atoms with Crippen LogP contribution in [-0.2, 0) is 4.79 Å². The molecule has 0 saturated heterocycles. The van der Waals surface area contributed by atoms with E-state index in [4.69, 9.17) is 0 Å². The van der Waals surface area contributed by atoms with E-state index in [1.165, 1.54) is 24.3 Å². The van der Waals surface area contributed by atoms with Crippen molar-refractivity contribution in [3.05, 3.63) is 112 Å². The first-order valence-corrected chi connectivity index (χ1v) is 8.51. The third-order valence-corrected chi connectivity index (χ3v) is 4.17. The maximum atomic E-state index is 12.8. The minimum Gasteiger partial charge on any atom is -0.272 e. The fourth-order valence-electron chi connectivity index (χ4n) is 2.78. The third kappa shape index (κ3) is 4.39. The number of nitrogens with zero attached hydrogens (tertiary/aromatic N) is 1. The summed E-state index contributed by atoms with van der Waals surface area (Å²) in [6.07, 6.45) is 0. The number of hydrogen-bond donors (Lipinski definition) is 2. The Morgan fingerprint density at radius 2 is 1.25 bits per heavy atom. The van der Waals surface area contributed by atoms with Gasteiger partial charge >= 0.3 is 0 Å². The Balaban J connectivity index is 1.73. The fourth-order valence-corrected chi connectivity index (χ4v) is 2.78. The Morgan fingerprint density at radius 3 is 1.71 bits per heavy atom. The van der Waals surface area contributed by atoms with E-state index in [0.29, 0.717) is 0 Å². The van der Waals surface area contributed by atoms with Crippen LogP contribution in [0.25, 0.3) is 0 Å². The van der Waals surface area contributed by atoms with Crippen LogP contribution in [0, 0.1) is 10.1 Å². The van der Waals surface area contributed by atoms with Gasteiger partial charge in [-0.3, -0.25) is 30.6 Å². The fraction of sp³-hybridized carbons (Fsp3) is 0.0476. The van der Waals surface area contributed by atoms with Gasteiger partial charge in [0, 0.05) is 17.7 Å². The standard InChI is InChI=1S/C21H17N3O4/c25-20(17-11-13-18(14-12-17)24(27)28)22-23-21(26)19(15-7-3-1-4-8-15)16-9-5-2-6-10-16/h1-14,19H,(H,22,25)(H,23,26). The molecule has 0 spiro atoms. The van der Waals surface area contributed by atoms with Crippen LogP contribution in [0.15, 0.2) is 84.9 Å². The van der Waals surface area contributed by atoms with Gasteiger partial charge in [-0.2, -0.15) is 0 Å². The highest BCUT2D eigenvalue weighted by Crippen LogP contribution is 2.24. The highest BCUT2D eigenvalue weighted by molar-refractivity contribution is 5.96. The van der Waals surface area contributed by atoms with Gasteiger partial charge in [-0.25, -0.2) is 0 Å². The van der Waals surface area contributed by atoms with Crippen molar-refractivity contribution < 1.29 is 14.5 Å². The quantitative estimate of drug-likeness (QED) is 0.528. The van der Waals surface area contributed by atoms with Crippen LogP contribution in [0.5, 0.6) is 0 Å². The number of rotatable bonds is 5. The van der Waals surface area contributed by atoms with E-state index in [-0.39, 0.29) is 11.3 Å². The number of nitrogens with one attached hydrogen (secondary N) is 2. The minimum atomic E-state index is -0.598. The van der Waals surface area contributed by atoms with Crippen LogP contribution in [0.1, 0.15) is 27.4 Å². The second-order valence-corrected chi connectivity index (χ2v) is 6.00. The molecule has 0 fully saturated rings. The summed E-state index contributed by atoms with van der Waals surface area (Å²) in [5.74, 6) is -1.56. The lowest BCUT2D eigenvalue weighted by atomic mass is 9.91. The lowest BCUT2D eigenvalue weighted by Crippen LogP contribution is -2.44. The maximum absolute atomic E-state index is 12.8. The minimum absolute atomic E-state index is 0.117. The first kappa shape index (κ1) is 18.8. The topological polar surface area (TPSA) is 101 Å². The van der Waals surface area contributed by atoms with E-state index in [1.54, 1.807) is 0 Å². The van der Waals surface area contributed by atoms with Gasteiger partial charge in [0.2, 0.25) is 5.91 Å². The molecule has 0 radical (unpaired) electrons. The molecule has 7 nitrogen and oxygen atoms in total. The van der Waals surface area contributed by atoms with Crippen molar-refractivity contribution in [1.82, 2.24) is 10.9 Å². The average Bonchev–Trinajstić information content (AvgIpc) is 2.74. The van der Waals surface area contributed by atoms with Crippen LogP contribution >= 0.6 is 0 Å². The molecule has 2 amide bonds. The SMILES string of the molecule is O=C(NNC(=O)C(c1ccccc1)c1ccccc1)c1ccc([N+](=O)[O-])cc1. The van der Waals surface area contributed by atoms with Crippen molar-refractivity contribution in [3.8, 4) is 0 Å². The third-order valence-electron chi connectivity index (χ3n) is 4.17. The largest absolute Gasteiger partial charge is 0.272 e. The summed E-state index contributed by atoms with van der Waals surface area (Å²) in [6.45, 7) is 0. The molecule has 0 aromatic heterocycles. The number of hydrogen-bond acceptors (Lipinski definition) is 4. The lowest BCUT2D eigenvalue weighted by molar-refractivity contribution is -0.384. The first-order valence-electron chi connectivity index (χ1n) is 8.51. The molecule has 7 heteroatoms. The number of non-ortho nitro benzene ring substituents is 1. The van der Waals surface area contributed by atoms with Gasteiger partial charge in [-0.05, 0) is 23.3 Å². The van der Waals surface area contributed by atoms with Crippen molar-refractivity contribution in [3.63, 3.8) is 0 Å². The molecule has 3 aromatic rings.